The van der Waals surface area contributed by atoms with Crippen LogP contribution in [0, 0.1) is 10.1 Å². The summed E-state index contributed by atoms with van der Waals surface area (Å²) in [4.78, 5) is 22.3. The largest absolute Gasteiger partial charge is 0.383 e. The molecule has 1 rings (SSSR count). The van der Waals surface area contributed by atoms with Gasteiger partial charge in [-0.2, -0.15) is 0 Å². The summed E-state index contributed by atoms with van der Waals surface area (Å²) in [6.07, 6.45) is 1.68. The minimum Gasteiger partial charge on any atom is -0.383 e. The zero-order valence-electron chi connectivity index (χ0n) is 12.3. The van der Waals surface area contributed by atoms with E-state index in [0.717, 1.165) is 6.42 Å². The van der Waals surface area contributed by atoms with Gasteiger partial charge in [0, 0.05) is 38.4 Å². The van der Waals surface area contributed by atoms with Gasteiger partial charge < -0.3 is 15.4 Å². The van der Waals surface area contributed by atoms with Gasteiger partial charge in [-0.3, -0.25) is 14.9 Å². The number of anilines is 1. The number of nitrogens with zero attached hydrogens (tertiary/aromatic N) is 1. The van der Waals surface area contributed by atoms with Crippen LogP contribution in [-0.4, -0.2) is 37.6 Å². The fraction of sp³-hybridized carbons (Fsp3) is 0.500. The van der Waals surface area contributed by atoms with Gasteiger partial charge in [0.1, 0.15) is 5.69 Å². The van der Waals surface area contributed by atoms with Gasteiger partial charge in [0.25, 0.3) is 11.6 Å². The number of carbonyl (C=O) groups is 1. The highest BCUT2D eigenvalue weighted by Crippen LogP contribution is 2.24. The third-order valence-corrected chi connectivity index (χ3v) is 2.83. The first-order valence-corrected chi connectivity index (χ1v) is 6.92. The zero-order valence-corrected chi connectivity index (χ0v) is 12.3. The Morgan fingerprint density at radius 1 is 1.38 bits per heavy atom. The minimum absolute atomic E-state index is 0.114. The fourth-order valence-corrected chi connectivity index (χ4v) is 1.76. The molecule has 0 aromatic heterocycles. The molecule has 1 amide bonds. The molecule has 0 aliphatic carbocycles. The second-order valence-electron chi connectivity index (χ2n) is 4.46. The van der Waals surface area contributed by atoms with Crippen molar-refractivity contribution in [3.8, 4) is 0 Å². The summed E-state index contributed by atoms with van der Waals surface area (Å²) in [6, 6.07) is 4.36. The van der Waals surface area contributed by atoms with Crippen molar-refractivity contribution in [2.24, 2.45) is 0 Å². The molecule has 0 heterocycles. The molecule has 1 aromatic carbocycles. The second kappa shape index (κ2) is 8.91. The van der Waals surface area contributed by atoms with Crippen molar-refractivity contribution in [1.82, 2.24) is 5.32 Å². The van der Waals surface area contributed by atoms with Crippen LogP contribution in [0.5, 0.6) is 0 Å². The van der Waals surface area contributed by atoms with Gasteiger partial charge in [-0.25, -0.2) is 0 Å². The maximum absolute atomic E-state index is 11.9. The van der Waals surface area contributed by atoms with E-state index >= 15 is 0 Å². The predicted molar refractivity (Wildman–Crippen MR) is 80.7 cm³/mol. The molecule has 0 aliphatic rings. The molecular formula is C14H21N3O4. The Morgan fingerprint density at radius 2 is 2.14 bits per heavy atom. The van der Waals surface area contributed by atoms with Gasteiger partial charge in [0.2, 0.25) is 0 Å². The van der Waals surface area contributed by atoms with Crippen LogP contribution in [0.4, 0.5) is 11.4 Å². The highest BCUT2D eigenvalue weighted by atomic mass is 16.6. The molecule has 7 heteroatoms. The first kappa shape index (κ1) is 16.9. The Kier molecular flexibility index (Phi) is 7.17. The molecule has 0 saturated carbocycles. The van der Waals surface area contributed by atoms with E-state index in [-0.39, 0.29) is 17.2 Å². The Morgan fingerprint density at radius 3 is 2.76 bits per heavy atom. The normalized spacial score (nSPS) is 10.2. The van der Waals surface area contributed by atoms with E-state index in [1.807, 2.05) is 6.92 Å². The van der Waals surface area contributed by atoms with Crippen LogP contribution in [0.1, 0.15) is 30.1 Å². The molecule has 0 atom stereocenters. The van der Waals surface area contributed by atoms with E-state index in [9.17, 15) is 14.9 Å². The van der Waals surface area contributed by atoms with Crippen LogP contribution in [-0.2, 0) is 4.74 Å². The number of amides is 1. The Bertz CT molecular complexity index is 491. The number of ether oxygens (including phenoxy) is 1. The van der Waals surface area contributed by atoms with Crippen molar-refractivity contribution >= 4 is 17.3 Å². The van der Waals surface area contributed by atoms with Crippen LogP contribution < -0.4 is 10.6 Å². The van der Waals surface area contributed by atoms with Crippen LogP contribution in [0.2, 0.25) is 0 Å². The van der Waals surface area contributed by atoms with Crippen LogP contribution in [0.25, 0.3) is 0 Å². The first-order chi connectivity index (χ1) is 10.1. The predicted octanol–water partition coefficient (Wildman–Crippen LogP) is 2.18. The number of nitro benzene ring substituents is 1. The smallest absolute Gasteiger partial charge is 0.293 e. The van der Waals surface area contributed by atoms with Crippen molar-refractivity contribution in [3.05, 3.63) is 33.9 Å². The number of benzene rings is 1. The average molecular weight is 295 g/mol. The minimum atomic E-state index is -0.513. The third-order valence-electron chi connectivity index (χ3n) is 2.83. The fourth-order valence-electron chi connectivity index (χ4n) is 1.76. The van der Waals surface area contributed by atoms with Crippen molar-refractivity contribution in [1.29, 1.82) is 0 Å². The summed E-state index contributed by atoms with van der Waals surface area (Å²) in [5.74, 6) is -0.323. The standard InChI is InChI=1S/C14H21N3O4/c1-3-8-21-9-4-7-16-14(18)11-5-6-12(15-2)13(10-11)17(19)20/h5-6,10,15H,3-4,7-9H2,1-2H3,(H,16,18). The first-order valence-electron chi connectivity index (χ1n) is 6.92. The van der Waals surface area contributed by atoms with E-state index in [1.165, 1.54) is 12.1 Å². The summed E-state index contributed by atoms with van der Waals surface area (Å²) in [7, 11) is 1.60. The van der Waals surface area contributed by atoms with Crippen molar-refractivity contribution in [3.63, 3.8) is 0 Å². The molecule has 0 aliphatic heterocycles. The number of hydrogen-bond donors (Lipinski definition) is 2. The highest BCUT2D eigenvalue weighted by Gasteiger charge is 2.16. The van der Waals surface area contributed by atoms with E-state index < -0.39 is 4.92 Å². The Hall–Kier alpha value is -2.15. The molecule has 0 spiro atoms. The lowest BCUT2D eigenvalue weighted by Gasteiger charge is -2.07. The van der Waals surface area contributed by atoms with E-state index in [0.29, 0.717) is 31.9 Å². The molecule has 0 bridgehead atoms. The molecule has 2 N–H and O–H groups in total. The van der Waals surface area contributed by atoms with Gasteiger partial charge in [0.15, 0.2) is 0 Å². The number of nitro groups is 1. The lowest BCUT2D eigenvalue weighted by atomic mass is 10.1. The molecule has 0 unspecified atom stereocenters. The Balaban J connectivity index is 2.54. The van der Waals surface area contributed by atoms with Gasteiger partial charge in [-0.1, -0.05) is 6.92 Å². The zero-order chi connectivity index (χ0) is 15.7. The topological polar surface area (TPSA) is 93.5 Å². The molecular weight excluding hydrogens is 274 g/mol. The van der Waals surface area contributed by atoms with Crippen molar-refractivity contribution in [2.45, 2.75) is 19.8 Å². The molecule has 0 fully saturated rings. The van der Waals surface area contributed by atoms with Gasteiger partial charge >= 0.3 is 0 Å². The molecule has 7 nitrogen and oxygen atoms in total. The quantitative estimate of drug-likeness (QED) is 0.414. The van der Waals surface area contributed by atoms with Crippen LogP contribution in [0.15, 0.2) is 18.2 Å². The van der Waals surface area contributed by atoms with Gasteiger partial charge in [-0.15, -0.1) is 0 Å². The van der Waals surface area contributed by atoms with Crippen molar-refractivity contribution in [2.75, 3.05) is 32.1 Å². The molecule has 1 aromatic rings. The summed E-state index contributed by atoms with van der Waals surface area (Å²) in [6.45, 7) is 3.81. The lowest BCUT2D eigenvalue weighted by Crippen LogP contribution is -2.25. The summed E-state index contributed by atoms with van der Waals surface area (Å²) in [5, 5.41) is 16.4. The molecule has 0 saturated heterocycles. The maximum Gasteiger partial charge on any atom is 0.293 e. The van der Waals surface area contributed by atoms with E-state index in [4.69, 9.17) is 4.74 Å². The highest BCUT2D eigenvalue weighted by molar-refractivity contribution is 5.95. The van der Waals surface area contributed by atoms with E-state index in [1.54, 1.807) is 13.1 Å². The maximum atomic E-state index is 11.9. The number of rotatable bonds is 9. The monoisotopic (exact) mass is 295 g/mol. The number of nitrogens with one attached hydrogen (secondary N) is 2. The van der Waals surface area contributed by atoms with Crippen LogP contribution in [0.3, 0.4) is 0 Å². The summed E-state index contributed by atoms with van der Waals surface area (Å²) < 4.78 is 5.30. The molecule has 0 radical (unpaired) electrons. The summed E-state index contributed by atoms with van der Waals surface area (Å²) >= 11 is 0. The summed E-state index contributed by atoms with van der Waals surface area (Å²) in [5.41, 5.74) is 0.538. The SMILES string of the molecule is CCCOCCCNC(=O)c1ccc(NC)c([N+](=O)[O-])c1. The Labute approximate surface area is 123 Å². The number of carbonyl (C=O) groups excluding carboxylic acids is 1. The van der Waals surface area contributed by atoms with Crippen molar-refractivity contribution < 1.29 is 14.5 Å². The second-order valence-corrected chi connectivity index (χ2v) is 4.46. The van der Waals surface area contributed by atoms with Gasteiger partial charge in [-0.05, 0) is 25.0 Å². The lowest BCUT2D eigenvalue weighted by molar-refractivity contribution is -0.384. The molecule has 21 heavy (non-hydrogen) atoms. The number of hydrogen-bond acceptors (Lipinski definition) is 5. The van der Waals surface area contributed by atoms with E-state index in [2.05, 4.69) is 10.6 Å². The molecule has 116 valence electrons. The third kappa shape index (κ3) is 5.39. The van der Waals surface area contributed by atoms with Gasteiger partial charge in [0.05, 0.1) is 4.92 Å². The average Bonchev–Trinajstić information content (AvgIpc) is 2.49. The van der Waals surface area contributed by atoms with Crippen LogP contribution >= 0.6 is 0 Å².